The summed E-state index contributed by atoms with van der Waals surface area (Å²) in [5.41, 5.74) is -2.43. The smallest absolute Gasteiger partial charge is 0.408 e. The normalized spacial score (nSPS) is 29.2. The molecule has 2 unspecified atom stereocenters. The summed E-state index contributed by atoms with van der Waals surface area (Å²) >= 11 is 0. The van der Waals surface area contributed by atoms with Gasteiger partial charge in [-0.2, -0.15) is 0 Å². The van der Waals surface area contributed by atoms with Crippen LogP contribution in [0.5, 0.6) is 0 Å². The fourth-order valence-electron chi connectivity index (χ4n) is 2.87. The Morgan fingerprint density at radius 2 is 2.00 bits per heavy atom. The molecule has 0 spiro atoms. The minimum Gasteiger partial charge on any atom is -0.467 e. The van der Waals surface area contributed by atoms with Gasteiger partial charge in [-0.1, -0.05) is 6.08 Å². The van der Waals surface area contributed by atoms with Crippen molar-refractivity contribution in [2.24, 2.45) is 5.41 Å². The number of allylic oxidation sites excluding steroid dienone is 1. The van der Waals surface area contributed by atoms with E-state index in [0.717, 1.165) is 4.90 Å². The van der Waals surface area contributed by atoms with Crippen molar-refractivity contribution in [3.63, 3.8) is 0 Å². The molecule has 0 aromatic rings. The monoisotopic (exact) mass is 269 g/mol. The van der Waals surface area contributed by atoms with E-state index in [2.05, 4.69) is 11.3 Å². The van der Waals surface area contributed by atoms with Crippen molar-refractivity contribution >= 4 is 17.8 Å². The fourth-order valence-corrected chi connectivity index (χ4v) is 2.87. The summed E-state index contributed by atoms with van der Waals surface area (Å²) in [6.45, 7) is 8.13. The van der Waals surface area contributed by atoms with Gasteiger partial charge in [0.15, 0.2) is 5.78 Å². The molecule has 106 valence electrons. The molecule has 1 saturated heterocycles. The van der Waals surface area contributed by atoms with Crippen molar-refractivity contribution in [1.82, 2.24) is 4.90 Å². The van der Waals surface area contributed by atoms with Crippen molar-refractivity contribution in [3.05, 3.63) is 12.7 Å². The molecule has 1 heterocycles. The second-order valence-electron chi connectivity index (χ2n) is 5.38. The van der Waals surface area contributed by atoms with Crippen molar-refractivity contribution in [2.45, 2.75) is 38.8 Å². The van der Waals surface area contributed by atoms with Gasteiger partial charge in [-0.25, -0.2) is 9.59 Å². The van der Waals surface area contributed by atoms with E-state index in [4.69, 9.17) is 0 Å². The van der Waals surface area contributed by atoms with E-state index < -0.39 is 29.1 Å². The minimum atomic E-state index is -1.32. The largest absolute Gasteiger partial charge is 0.467 e. The minimum absolute atomic E-state index is 0.207. The number of esters is 1. The number of rotatable bonds is 3. The molecule has 2 atom stereocenters. The molecule has 19 heavy (non-hydrogen) atoms. The summed E-state index contributed by atoms with van der Waals surface area (Å²) in [6, 6.07) is -1.16. The third-order valence-corrected chi connectivity index (χ3v) is 3.74. The maximum Gasteiger partial charge on any atom is 0.408 e. The van der Waals surface area contributed by atoms with E-state index in [1.54, 1.807) is 6.92 Å². The molecule has 0 bridgehead atoms. The first kappa shape index (κ1) is 15.2. The Kier molecular flexibility index (Phi) is 3.74. The van der Waals surface area contributed by atoms with E-state index in [9.17, 15) is 19.5 Å². The average Bonchev–Trinajstić information content (AvgIpc) is 2.47. The maximum atomic E-state index is 12.5. The van der Waals surface area contributed by atoms with Gasteiger partial charge in [-0.05, 0) is 27.2 Å². The molecule has 0 aliphatic carbocycles. The van der Waals surface area contributed by atoms with Crippen molar-refractivity contribution in [3.8, 4) is 0 Å². The quantitative estimate of drug-likeness (QED) is 0.619. The van der Waals surface area contributed by atoms with E-state index >= 15 is 0 Å². The number of ether oxygens (including phenoxy) is 1. The zero-order valence-corrected chi connectivity index (χ0v) is 11.6. The number of hydrogen-bond acceptors (Lipinski definition) is 4. The van der Waals surface area contributed by atoms with Crippen LogP contribution in [-0.4, -0.2) is 46.5 Å². The Labute approximate surface area is 112 Å². The van der Waals surface area contributed by atoms with E-state index in [-0.39, 0.29) is 12.2 Å². The van der Waals surface area contributed by atoms with Gasteiger partial charge in [0, 0.05) is 0 Å². The summed E-state index contributed by atoms with van der Waals surface area (Å²) < 4.78 is 4.67. The van der Waals surface area contributed by atoms with Crippen LogP contribution < -0.4 is 0 Å². The van der Waals surface area contributed by atoms with Crippen LogP contribution in [0.3, 0.4) is 0 Å². The Bertz CT molecular complexity index is 442. The second-order valence-corrected chi connectivity index (χ2v) is 5.38. The number of methoxy groups -OCH3 is 1. The number of nitrogens with zero attached hydrogens (tertiary/aromatic N) is 1. The van der Waals surface area contributed by atoms with Crippen LogP contribution in [0.1, 0.15) is 27.2 Å². The van der Waals surface area contributed by atoms with Crippen LogP contribution in [0.25, 0.3) is 0 Å². The summed E-state index contributed by atoms with van der Waals surface area (Å²) in [5, 5.41) is 9.32. The number of carbonyl (C=O) groups excluding carboxylic acids is 2. The van der Waals surface area contributed by atoms with Crippen molar-refractivity contribution in [1.29, 1.82) is 0 Å². The third-order valence-electron chi connectivity index (χ3n) is 3.74. The third kappa shape index (κ3) is 2.01. The standard InChI is InChI=1S/C13H19NO5/c1-6-7-13(4)8(9(15)19-5)14(11(17)18)12(2,3)10(13)16/h6,8H,1,7H2,2-5H3,(H,17,18). The van der Waals surface area contributed by atoms with Gasteiger partial charge >= 0.3 is 12.1 Å². The lowest BCUT2D eigenvalue weighted by atomic mass is 9.75. The first-order chi connectivity index (χ1) is 8.64. The van der Waals surface area contributed by atoms with E-state index in [0.29, 0.717) is 0 Å². The number of Topliss-reactive ketones (excluding diaryl/α,β-unsaturated/α-hetero) is 1. The molecule has 1 aliphatic heterocycles. The molecule has 1 N–H and O–H groups in total. The van der Waals surface area contributed by atoms with Gasteiger partial charge in [0.25, 0.3) is 0 Å². The Hall–Kier alpha value is -1.85. The number of carboxylic acid groups (broad SMARTS) is 1. The van der Waals surface area contributed by atoms with Crippen LogP contribution in [0, 0.1) is 5.41 Å². The zero-order valence-electron chi connectivity index (χ0n) is 11.6. The highest BCUT2D eigenvalue weighted by Gasteiger charge is 2.64. The number of carbonyl (C=O) groups is 3. The molecule has 0 aromatic heterocycles. The molecule has 0 radical (unpaired) electrons. The first-order valence-electron chi connectivity index (χ1n) is 5.90. The van der Waals surface area contributed by atoms with Crippen LogP contribution >= 0.6 is 0 Å². The van der Waals surface area contributed by atoms with Crippen LogP contribution in [0.15, 0.2) is 12.7 Å². The van der Waals surface area contributed by atoms with E-state index in [1.807, 2.05) is 0 Å². The Morgan fingerprint density at radius 3 is 2.37 bits per heavy atom. The van der Waals surface area contributed by atoms with Gasteiger partial charge in [-0.3, -0.25) is 9.69 Å². The zero-order chi connectivity index (χ0) is 15.0. The first-order valence-corrected chi connectivity index (χ1v) is 5.90. The summed E-state index contributed by atoms with van der Waals surface area (Å²) in [7, 11) is 1.17. The highest BCUT2D eigenvalue weighted by molar-refractivity contribution is 6.04. The SMILES string of the molecule is C=CCC1(C)C(=O)C(C)(C)N(C(=O)O)C1C(=O)OC. The Balaban J connectivity index is 3.47. The molecule has 1 rings (SSSR count). The molecular weight excluding hydrogens is 250 g/mol. The summed E-state index contributed by atoms with van der Waals surface area (Å²) in [4.78, 5) is 36.8. The van der Waals surface area contributed by atoms with Crippen LogP contribution in [0.2, 0.25) is 0 Å². The van der Waals surface area contributed by atoms with Gasteiger partial charge in [0.2, 0.25) is 0 Å². The average molecular weight is 269 g/mol. The summed E-state index contributed by atoms with van der Waals surface area (Å²) in [5.74, 6) is -1.04. The molecule has 1 amide bonds. The lowest BCUT2D eigenvalue weighted by molar-refractivity contribution is -0.150. The van der Waals surface area contributed by atoms with Gasteiger partial charge in [-0.15, -0.1) is 6.58 Å². The lowest BCUT2D eigenvalue weighted by Gasteiger charge is -2.31. The number of hydrogen-bond donors (Lipinski definition) is 1. The highest BCUT2D eigenvalue weighted by Crippen LogP contribution is 2.46. The number of amides is 1. The molecule has 0 saturated carbocycles. The number of ketones is 1. The lowest BCUT2D eigenvalue weighted by Crippen LogP contribution is -2.52. The van der Waals surface area contributed by atoms with Crippen molar-refractivity contribution < 1.29 is 24.2 Å². The van der Waals surface area contributed by atoms with Gasteiger partial charge < -0.3 is 9.84 Å². The molecule has 0 aromatic carbocycles. The molecule has 6 nitrogen and oxygen atoms in total. The van der Waals surface area contributed by atoms with Crippen molar-refractivity contribution in [2.75, 3.05) is 7.11 Å². The second kappa shape index (κ2) is 4.68. The number of likely N-dealkylation sites (tertiary alicyclic amines) is 1. The molecule has 1 aliphatic rings. The predicted molar refractivity (Wildman–Crippen MR) is 67.7 cm³/mol. The van der Waals surface area contributed by atoms with Gasteiger partial charge in [0.05, 0.1) is 12.5 Å². The van der Waals surface area contributed by atoms with Gasteiger partial charge in [0.1, 0.15) is 11.6 Å². The Morgan fingerprint density at radius 1 is 1.47 bits per heavy atom. The highest BCUT2D eigenvalue weighted by atomic mass is 16.5. The molecular formula is C13H19NO5. The molecule has 6 heteroatoms. The van der Waals surface area contributed by atoms with Crippen LogP contribution in [0.4, 0.5) is 4.79 Å². The predicted octanol–water partition coefficient (Wildman–Crippen LogP) is 1.45. The topological polar surface area (TPSA) is 83.9 Å². The summed E-state index contributed by atoms with van der Waals surface area (Å²) in [6.07, 6.45) is 0.398. The van der Waals surface area contributed by atoms with E-state index in [1.165, 1.54) is 27.0 Å². The molecule has 1 fully saturated rings. The fraction of sp³-hybridized carbons (Fsp3) is 0.615. The maximum absolute atomic E-state index is 12.5. The van der Waals surface area contributed by atoms with Crippen LogP contribution in [-0.2, 0) is 14.3 Å².